The van der Waals surface area contributed by atoms with Crippen LogP contribution >= 0.6 is 0 Å². The number of aryl methyl sites for hydroxylation is 1. The fourth-order valence-electron chi connectivity index (χ4n) is 0.865. The zero-order valence-corrected chi connectivity index (χ0v) is 8.19. The van der Waals surface area contributed by atoms with E-state index < -0.39 is 0 Å². The number of nitrogens with one attached hydrogen (secondary N) is 1. The number of tetrazole rings is 1. The van der Waals surface area contributed by atoms with Gasteiger partial charge in [-0.2, -0.15) is 4.80 Å². The monoisotopic (exact) mass is 185 g/mol. The van der Waals surface area contributed by atoms with Crippen molar-refractivity contribution in [2.24, 2.45) is 7.05 Å². The average molecular weight is 185 g/mol. The first-order chi connectivity index (χ1) is 6.22. The molecule has 0 amide bonds. The molecule has 1 aromatic heterocycles. The highest BCUT2D eigenvalue weighted by Crippen LogP contribution is 1.87. The van der Waals surface area contributed by atoms with Gasteiger partial charge in [-0.25, -0.2) is 0 Å². The van der Waals surface area contributed by atoms with Crippen molar-refractivity contribution in [3.8, 4) is 0 Å². The highest BCUT2D eigenvalue weighted by Gasteiger charge is 2.01. The van der Waals surface area contributed by atoms with E-state index in [1.807, 2.05) is 6.92 Å². The summed E-state index contributed by atoms with van der Waals surface area (Å²) in [7, 11) is 3.43. The predicted molar refractivity (Wildman–Crippen MR) is 47.0 cm³/mol. The molecule has 0 fully saturated rings. The van der Waals surface area contributed by atoms with E-state index in [0.29, 0.717) is 12.4 Å². The van der Waals surface area contributed by atoms with Crippen LogP contribution in [0.2, 0.25) is 0 Å². The van der Waals surface area contributed by atoms with Gasteiger partial charge < -0.3 is 10.1 Å². The van der Waals surface area contributed by atoms with E-state index >= 15 is 0 Å². The second kappa shape index (κ2) is 4.88. The Hall–Kier alpha value is -1.01. The molecule has 1 unspecified atom stereocenters. The molecule has 1 aromatic rings. The Labute approximate surface area is 77.3 Å². The van der Waals surface area contributed by atoms with Crippen molar-refractivity contribution in [3.63, 3.8) is 0 Å². The summed E-state index contributed by atoms with van der Waals surface area (Å²) in [6.07, 6.45) is 0.205. The van der Waals surface area contributed by atoms with Crippen LogP contribution in [-0.2, 0) is 18.3 Å². The van der Waals surface area contributed by atoms with Crippen molar-refractivity contribution >= 4 is 0 Å². The summed E-state index contributed by atoms with van der Waals surface area (Å²) in [4.78, 5) is 1.44. The molecular formula is C7H15N5O. The van der Waals surface area contributed by atoms with Crippen molar-refractivity contribution in [1.82, 2.24) is 25.5 Å². The topological polar surface area (TPSA) is 64.9 Å². The molecule has 1 heterocycles. The minimum absolute atomic E-state index is 0.205. The summed E-state index contributed by atoms with van der Waals surface area (Å²) in [6.45, 7) is 3.41. The van der Waals surface area contributed by atoms with Crippen LogP contribution in [0.4, 0.5) is 0 Å². The SMILES string of the molecule is COC(C)CNCc1nnn(C)n1. The van der Waals surface area contributed by atoms with Gasteiger partial charge in [0.25, 0.3) is 0 Å². The minimum atomic E-state index is 0.205. The Morgan fingerprint density at radius 1 is 1.62 bits per heavy atom. The molecule has 1 N–H and O–H groups in total. The van der Waals surface area contributed by atoms with Gasteiger partial charge in [-0.1, -0.05) is 0 Å². The lowest BCUT2D eigenvalue weighted by Crippen LogP contribution is -2.26. The Morgan fingerprint density at radius 2 is 2.38 bits per heavy atom. The lowest BCUT2D eigenvalue weighted by molar-refractivity contribution is 0.117. The Kier molecular flexibility index (Phi) is 3.78. The van der Waals surface area contributed by atoms with Crippen molar-refractivity contribution in [1.29, 1.82) is 0 Å². The zero-order chi connectivity index (χ0) is 9.68. The number of hydrogen-bond donors (Lipinski definition) is 1. The number of methoxy groups -OCH3 is 1. The second-order valence-corrected chi connectivity index (χ2v) is 2.87. The molecule has 0 saturated heterocycles. The fraction of sp³-hybridized carbons (Fsp3) is 0.857. The molecule has 0 aliphatic carbocycles. The van der Waals surface area contributed by atoms with Gasteiger partial charge in [0.15, 0.2) is 5.82 Å². The van der Waals surface area contributed by atoms with Crippen LogP contribution < -0.4 is 5.32 Å². The summed E-state index contributed by atoms with van der Waals surface area (Å²) in [5.74, 6) is 0.700. The maximum absolute atomic E-state index is 5.07. The van der Waals surface area contributed by atoms with Gasteiger partial charge in [0.2, 0.25) is 0 Å². The van der Waals surface area contributed by atoms with E-state index in [0.717, 1.165) is 6.54 Å². The van der Waals surface area contributed by atoms with Gasteiger partial charge >= 0.3 is 0 Å². The molecule has 6 heteroatoms. The lowest BCUT2D eigenvalue weighted by atomic mass is 10.4. The van der Waals surface area contributed by atoms with Gasteiger partial charge in [-0.15, -0.1) is 10.2 Å². The van der Waals surface area contributed by atoms with Crippen LogP contribution in [0.5, 0.6) is 0 Å². The summed E-state index contributed by atoms with van der Waals surface area (Å²) in [5.41, 5.74) is 0. The number of ether oxygens (including phenoxy) is 1. The van der Waals surface area contributed by atoms with E-state index in [-0.39, 0.29) is 6.10 Å². The number of nitrogens with zero attached hydrogens (tertiary/aromatic N) is 4. The molecule has 6 nitrogen and oxygen atoms in total. The van der Waals surface area contributed by atoms with Crippen molar-refractivity contribution < 1.29 is 4.74 Å². The molecule has 0 saturated carbocycles. The molecule has 13 heavy (non-hydrogen) atoms. The Balaban J connectivity index is 2.20. The molecule has 0 aliphatic rings. The maximum atomic E-state index is 5.07. The summed E-state index contributed by atoms with van der Waals surface area (Å²) < 4.78 is 5.07. The fourth-order valence-corrected chi connectivity index (χ4v) is 0.865. The Morgan fingerprint density at radius 3 is 2.92 bits per heavy atom. The Bertz CT molecular complexity index is 249. The van der Waals surface area contributed by atoms with E-state index in [9.17, 15) is 0 Å². The quantitative estimate of drug-likeness (QED) is 0.659. The molecule has 1 rings (SSSR count). The largest absolute Gasteiger partial charge is 0.380 e. The van der Waals surface area contributed by atoms with Crippen LogP contribution in [0.1, 0.15) is 12.7 Å². The summed E-state index contributed by atoms with van der Waals surface area (Å²) in [5, 5.41) is 14.7. The third-order valence-electron chi connectivity index (χ3n) is 1.67. The normalized spacial score (nSPS) is 13.2. The van der Waals surface area contributed by atoms with E-state index in [2.05, 4.69) is 20.7 Å². The van der Waals surface area contributed by atoms with Crippen LogP contribution in [0.25, 0.3) is 0 Å². The van der Waals surface area contributed by atoms with E-state index in [4.69, 9.17) is 4.74 Å². The van der Waals surface area contributed by atoms with Crippen molar-refractivity contribution in [2.45, 2.75) is 19.6 Å². The van der Waals surface area contributed by atoms with Gasteiger partial charge in [-0.3, -0.25) is 0 Å². The first kappa shape index (κ1) is 10.1. The minimum Gasteiger partial charge on any atom is -0.380 e. The predicted octanol–water partition coefficient (Wildman–Crippen LogP) is -0.665. The van der Waals surface area contributed by atoms with Gasteiger partial charge in [0.05, 0.1) is 19.7 Å². The molecule has 1 atom stereocenters. The average Bonchev–Trinajstić information content (AvgIpc) is 2.51. The van der Waals surface area contributed by atoms with E-state index in [1.165, 1.54) is 4.80 Å². The van der Waals surface area contributed by atoms with Crippen LogP contribution in [-0.4, -0.2) is 40.0 Å². The number of rotatable bonds is 5. The smallest absolute Gasteiger partial charge is 0.188 e. The number of hydrogen-bond acceptors (Lipinski definition) is 5. The highest BCUT2D eigenvalue weighted by molar-refractivity contribution is 4.75. The standard InChI is InChI=1S/C7H15N5O/c1-6(13-3)4-8-5-7-9-11-12(2)10-7/h6,8H,4-5H2,1-3H3. The first-order valence-electron chi connectivity index (χ1n) is 4.18. The first-order valence-corrected chi connectivity index (χ1v) is 4.18. The van der Waals surface area contributed by atoms with Gasteiger partial charge in [-0.05, 0) is 12.1 Å². The maximum Gasteiger partial charge on any atom is 0.188 e. The second-order valence-electron chi connectivity index (χ2n) is 2.87. The van der Waals surface area contributed by atoms with Crippen molar-refractivity contribution in [3.05, 3.63) is 5.82 Å². The van der Waals surface area contributed by atoms with Crippen LogP contribution in [0.15, 0.2) is 0 Å². The molecule has 0 bridgehead atoms. The van der Waals surface area contributed by atoms with Crippen LogP contribution in [0.3, 0.4) is 0 Å². The molecule has 0 aromatic carbocycles. The summed E-state index contributed by atoms with van der Waals surface area (Å²) >= 11 is 0. The third-order valence-corrected chi connectivity index (χ3v) is 1.67. The molecule has 74 valence electrons. The van der Waals surface area contributed by atoms with E-state index in [1.54, 1.807) is 14.2 Å². The lowest BCUT2D eigenvalue weighted by Gasteiger charge is -2.08. The number of aromatic nitrogens is 4. The molecule has 0 radical (unpaired) electrons. The highest BCUT2D eigenvalue weighted by atomic mass is 16.5. The molecular weight excluding hydrogens is 170 g/mol. The summed E-state index contributed by atoms with van der Waals surface area (Å²) in [6, 6.07) is 0. The zero-order valence-electron chi connectivity index (χ0n) is 8.19. The third kappa shape index (κ3) is 3.47. The van der Waals surface area contributed by atoms with Crippen molar-refractivity contribution in [2.75, 3.05) is 13.7 Å². The molecule has 0 spiro atoms. The van der Waals surface area contributed by atoms with Gasteiger partial charge in [0.1, 0.15) is 0 Å². The van der Waals surface area contributed by atoms with Gasteiger partial charge in [0, 0.05) is 13.7 Å². The molecule has 0 aliphatic heterocycles. The van der Waals surface area contributed by atoms with Crippen LogP contribution in [0, 0.1) is 0 Å².